The van der Waals surface area contributed by atoms with Crippen LogP contribution in [0.2, 0.25) is 10.0 Å². The summed E-state index contributed by atoms with van der Waals surface area (Å²) < 4.78 is 27.5. The maximum absolute atomic E-state index is 14.0. The first-order valence-corrected chi connectivity index (χ1v) is 19.1. The highest BCUT2D eigenvalue weighted by Gasteiger charge is 2.51. The monoisotopic (exact) mass is 673 g/mol. The Labute approximate surface area is 278 Å². The predicted molar refractivity (Wildman–Crippen MR) is 180 cm³/mol. The van der Waals surface area contributed by atoms with Crippen LogP contribution in [0.1, 0.15) is 88.7 Å². The number of benzene rings is 2. The van der Waals surface area contributed by atoms with Crippen molar-refractivity contribution in [2.24, 2.45) is 17.8 Å². The summed E-state index contributed by atoms with van der Waals surface area (Å²) in [6, 6.07) is 12.2. The predicted octanol–water partition coefficient (Wildman–Crippen LogP) is 7.09. The zero-order valence-corrected chi connectivity index (χ0v) is 28.6. The van der Waals surface area contributed by atoms with Gasteiger partial charge in [-0.1, -0.05) is 60.7 Å². The number of nitrogens with one attached hydrogen (secondary N) is 1. The summed E-state index contributed by atoms with van der Waals surface area (Å²) in [7, 11) is -3.81. The quantitative estimate of drug-likeness (QED) is 0.292. The molecule has 5 saturated carbocycles. The lowest BCUT2D eigenvalue weighted by molar-refractivity contribution is -0.139. The van der Waals surface area contributed by atoms with Crippen LogP contribution in [0.25, 0.3) is 0 Å². The third-order valence-electron chi connectivity index (χ3n) is 10.9. The third kappa shape index (κ3) is 7.18. The van der Waals surface area contributed by atoms with E-state index in [0.717, 1.165) is 60.4 Å². The van der Waals surface area contributed by atoms with Gasteiger partial charge in [-0.15, -0.1) is 0 Å². The Morgan fingerprint density at radius 1 is 0.911 bits per heavy atom. The number of nitrogens with zero attached hydrogens (tertiary/aromatic N) is 2. The topological polar surface area (TPSA) is 86.8 Å². The van der Waals surface area contributed by atoms with Gasteiger partial charge in [-0.3, -0.25) is 13.9 Å². The molecule has 0 radical (unpaired) electrons. The smallest absolute Gasteiger partial charge is 0.244 e. The van der Waals surface area contributed by atoms with E-state index in [1.807, 2.05) is 12.1 Å². The minimum atomic E-state index is -3.81. The molecule has 7 rings (SSSR count). The van der Waals surface area contributed by atoms with Gasteiger partial charge >= 0.3 is 0 Å². The van der Waals surface area contributed by atoms with Crippen LogP contribution < -0.4 is 9.62 Å². The van der Waals surface area contributed by atoms with Gasteiger partial charge in [-0.2, -0.15) is 0 Å². The SMILES string of the molecule is C[C@@H](C(=O)NC1CCCCC1)N(Cc1ccc(Cl)c(Cl)c1)C(=O)CN(c1ccc(C23CC4CC(CC(C4)C2)C3)cc1)S(C)(=O)=O. The van der Waals surface area contributed by atoms with Crippen LogP contribution in [0, 0.1) is 17.8 Å². The molecule has 1 atom stereocenters. The lowest BCUT2D eigenvalue weighted by Crippen LogP contribution is -2.53. The molecular formula is C35H45Cl2N3O4S. The van der Waals surface area contributed by atoms with Crippen molar-refractivity contribution in [2.75, 3.05) is 17.1 Å². The number of halogens is 2. The van der Waals surface area contributed by atoms with E-state index in [1.54, 1.807) is 25.1 Å². The second-order valence-corrected chi connectivity index (χ2v) is 17.0. The minimum Gasteiger partial charge on any atom is -0.352 e. The molecule has 0 aromatic heterocycles. The van der Waals surface area contributed by atoms with Crippen LogP contribution in [0.15, 0.2) is 42.5 Å². The highest BCUT2D eigenvalue weighted by atomic mass is 35.5. The third-order valence-corrected chi connectivity index (χ3v) is 12.8. The molecule has 2 amide bonds. The molecule has 5 aliphatic rings. The van der Waals surface area contributed by atoms with E-state index in [9.17, 15) is 18.0 Å². The molecular weight excluding hydrogens is 629 g/mol. The van der Waals surface area contributed by atoms with E-state index in [1.165, 1.54) is 49.0 Å². The van der Waals surface area contributed by atoms with Gasteiger partial charge < -0.3 is 10.2 Å². The fourth-order valence-electron chi connectivity index (χ4n) is 9.05. The second kappa shape index (κ2) is 13.1. The molecule has 0 aliphatic heterocycles. The average molecular weight is 675 g/mol. The van der Waals surface area contributed by atoms with E-state index in [-0.39, 0.29) is 23.9 Å². The minimum absolute atomic E-state index is 0.0793. The number of hydrogen-bond donors (Lipinski definition) is 1. The number of rotatable bonds is 10. The first kappa shape index (κ1) is 32.6. The maximum atomic E-state index is 14.0. The lowest BCUT2D eigenvalue weighted by Gasteiger charge is -2.57. The van der Waals surface area contributed by atoms with Gasteiger partial charge in [0, 0.05) is 12.6 Å². The van der Waals surface area contributed by atoms with Crippen LogP contribution in [-0.2, 0) is 31.6 Å². The zero-order chi connectivity index (χ0) is 31.9. The summed E-state index contributed by atoms with van der Waals surface area (Å²) in [6.07, 6.45) is 14.0. The van der Waals surface area contributed by atoms with Crippen LogP contribution in [0.4, 0.5) is 5.69 Å². The van der Waals surface area contributed by atoms with E-state index < -0.39 is 28.5 Å². The van der Waals surface area contributed by atoms with Crippen molar-refractivity contribution in [3.8, 4) is 0 Å². The summed E-state index contributed by atoms with van der Waals surface area (Å²) in [6.45, 7) is 1.36. The van der Waals surface area contributed by atoms with Crippen molar-refractivity contribution in [1.29, 1.82) is 0 Å². The van der Waals surface area contributed by atoms with Crippen molar-refractivity contribution < 1.29 is 18.0 Å². The molecule has 0 unspecified atom stereocenters. The second-order valence-electron chi connectivity index (χ2n) is 14.3. The van der Waals surface area contributed by atoms with Gasteiger partial charge in [0.15, 0.2) is 0 Å². The van der Waals surface area contributed by atoms with Crippen molar-refractivity contribution in [3.05, 3.63) is 63.6 Å². The van der Waals surface area contributed by atoms with Crippen LogP contribution >= 0.6 is 23.2 Å². The molecule has 0 saturated heterocycles. The first-order valence-electron chi connectivity index (χ1n) is 16.5. The summed E-state index contributed by atoms with van der Waals surface area (Å²) in [5, 5.41) is 3.86. The maximum Gasteiger partial charge on any atom is 0.244 e. The zero-order valence-electron chi connectivity index (χ0n) is 26.3. The molecule has 2 aromatic carbocycles. The van der Waals surface area contributed by atoms with Crippen molar-refractivity contribution in [2.45, 2.75) is 102 Å². The molecule has 4 bridgehead atoms. The Bertz CT molecular complexity index is 1490. The van der Waals surface area contributed by atoms with E-state index in [4.69, 9.17) is 23.2 Å². The van der Waals surface area contributed by atoms with Crippen molar-refractivity contribution in [1.82, 2.24) is 10.2 Å². The average Bonchev–Trinajstić information content (AvgIpc) is 2.99. The van der Waals surface area contributed by atoms with E-state index in [0.29, 0.717) is 21.3 Å². The molecule has 0 heterocycles. The Morgan fingerprint density at radius 2 is 1.51 bits per heavy atom. The molecule has 5 aliphatic carbocycles. The van der Waals surface area contributed by atoms with Gasteiger partial charge in [0.25, 0.3) is 0 Å². The molecule has 7 nitrogen and oxygen atoms in total. The number of anilines is 1. The molecule has 1 N–H and O–H groups in total. The molecule has 0 spiro atoms. The number of hydrogen-bond acceptors (Lipinski definition) is 4. The summed E-state index contributed by atoms with van der Waals surface area (Å²) in [4.78, 5) is 28.9. The fourth-order valence-corrected chi connectivity index (χ4v) is 10.2. The molecule has 5 fully saturated rings. The Morgan fingerprint density at radius 3 is 2.07 bits per heavy atom. The van der Waals surface area contributed by atoms with Crippen molar-refractivity contribution in [3.63, 3.8) is 0 Å². The van der Waals surface area contributed by atoms with Crippen LogP contribution in [0.5, 0.6) is 0 Å². The Kier molecular flexibility index (Phi) is 9.48. The van der Waals surface area contributed by atoms with Crippen LogP contribution in [0.3, 0.4) is 0 Å². The van der Waals surface area contributed by atoms with Gasteiger partial charge in [0.05, 0.1) is 22.0 Å². The summed E-state index contributed by atoms with van der Waals surface area (Å²) >= 11 is 12.4. The van der Waals surface area contributed by atoms with Gasteiger partial charge in [-0.05, 0) is 117 Å². The number of carbonyl (C=O) groups is 2. The molecule has 244 valence electrons. The normalized spacial score (nSPS) is 26.8. The van der Waals surface area contributed by atoms with Gasteiger partial charge in [0.1, 0.15) is 12.6 Å². The number of sulfonamides is 1. The molecule has 10 heteroatoms. The number of amides is 2. The summed E-state index contributed by atoms with van der Waals surface area (Å²) in [5.74, 6) is 1.70. The van der Waals surface area contributed by atoms with Crippen LogP contribution in [-0.4, -0.2) is 50.0 Å². The van der Waals surface area contributed by atoms with Crippen molar-refractivity contribution >= 4 is 50.7 Å². The highest BCUT2D eigenvalue weighted by molar-refractivity contribution is 7.92. The van der Waals surface area contributed by atoms with E-state index in [2.05, 4.69) is 17.4 Å². The Hall–Kier alpha value is -2.29. The highest BCUT2D eigenvalue weighted by Crippen LogP contribution is 2.60. The fraction of sp³-hybridized carbons (Fsp3) is 0.600. The van der Waals surface area contributed by atoms with E-state index >= 15 is 0 Å². The lowest BCUT2D eigenvalue weighted by atomic mass is 9.48. The first-order chi connectivity index (χ1) is 21.4. The number of carbonyl (C=O) groups excluding carboxylic acids is 2. The molecule has 2 aromatic rings. The largest absolute Gasteiger partial charge is 0.352 e. The Balaban J connectivity index is 1.23. The standard InChI is InChI=1S/C35H45Cl2N3O4S/c1-23(34(42)38-29-6-4-3-5-7-29)39(21-24-8-13-31(36)32(37)17-24)33(41)22-40(45(2,43)44)30-11-9-28(10-12-30)35-18-25-14-26(19-35)16-27(15-25)20-35/h8-13,17,23,25-27,29H,3-7,14-16,18-22H2,1-2H3,(H,38,42)/t23-,25?,26?,27?,35?/m0/s1. The summed E-state index contributed by atoms with van der Waals surface area (Å²) in [5.41, 5.74) is 2.63. The van der Waals surface area contributed by atoms with Gasteiger partial charge in [-0.25, -0.2) is 8.42 Å². The molecule has 45 heavy (non-hydrogen) atoms. The van der Waals surface area contributed by atoms with Gasteiger partial charge in [0.2, 0.25) is 21.8 Å².